The smallest absolute Gasteiger partial charge is 0.339 e. The van der Waals surface area contributed by atoms with Gasteiger partial charge in [0.05, 0.1) is 6.54 Å². The van der Waals surface area contributed by atoms with Crippen molar-refractivity contribution in [2.24, 2.45) is 0 Å². The minimum absolute atomic E-state index is 0.298. The van der Waals surface area contributed by atoms with Gasteiger partial charge in [0.25, 0.3) is 0 Å². The molecule has 1 aliphatic rings. The van der Waals surface area contributed by atoms with Crippen molar-refractivity contribution in [3.05, 3.63) is 35.6 Å². The first-order valence-electron chi connectivity index (χ1n) is 7.31. The van der Waals surface area contributed by atoms with E-state index in [-0.39, 0.29) is 0 Å². The van der Waals surface area contributed by atoms with Gasteiger partial charge >= 0.3 is 5.97 Å². The second kappa shape index (κ2) is 5.87. The monoisotopic (exact) mass is 288 g/mol. The van der Waals surface area contributed by atoms with E-state index in [9.17, 15) is 9.90 Å². The van der Waals surface area contributed by atoms with E-state index < -0.39 is 5.97 Å². The highest BCUT2D eigenvalue weighted by atomic mass is 16.4. The van der Waals surface area contributed by atoms with Gasteiger partial charge in [-0.15, -0.1) is 0 Å². The lowest BCUT2D eigenvalue weighted by molar-refractivity contribution is 0.0693. The molecule has 2 aromatic rings. The lowest BCUT2D eigenvalue weighted by Gasteiger charge is -2.31. The average molecular weight is 288 g/mol. The summed E-state index contributed by atoms with van der Waals surface area (Å²) in [4.78, 5) is 13.8. The highest BCUT2D eigenvalue weighted by Crippen LogP contribution is 2.27. The molecule has 2 heterocycles. The summed E-state index contributed by atoms with van der Waals surface area (Å²) >= 11 is 0. The second-order valence-electron chi connectivity index (χ2n) is 5.60. The zero-order valence-electron chi connectivity index (χ0n) is 12.1. The normalized spacial score (nSPS) is 16.7. The molecular formula is C16H20N2O3. The zero-order valence-corrected chi connectivity index (χ0v) is 12.1. The summed E-state index contributed by atoms with van der Waals surface area (Å²) in [6.45, 7) is 2.56. The number of carboxylic acids is 1. The number of nitrogens with zero attached hydrogens (tertiary/aromatic N) is 1. The summed E-state index contributed by atoms with van der Waals surface area (Å²) in [5.74, 6) is -0.376. The number of para-hydroxylation sites is 1. The standard InChI is InChI=1S/C16H20N2O3/c1-18(11-6-8-17-9-7-11)10-14-15(16(19)20)12-4-2-3-5-13(12)21-14/h2-5,11,17H,6-10H2,1H3,(H,19,20). The molecule has 1 fully saturated rings. The van der Waals surface area contributed by atoms with E-state index in [1.807, 2.05) is 25.2 Å². The lowest BCUT2D eigenvalue weighted by atomic mass is 10.0. The summed E-state index contributed by atoms with van der Waals surface area (Å²) in [6.07, 6.45) is 2.16. The van der Waals surface area contributed by atoms with E-state index in [1.54, 1.807) is 6.07 Å². The number of benzene rings is 1. The fourth-order valence-corrected chi connectivity index (χ4v) is 3.05. The molecule has 5 nitrogen and oxygen atoms in total. The van der Waals surface area contributed by atoms with Crippen LogP contribution in [0.25, 0.3) is 11.0 Å². The molecule has 2 N–H and O–H groups in total. The van der Waals surface area contributed by atoms with Crippen molar-refractivity contribution in [2.45, 2.75) is 25.4 Å². The maximum atomic E-state index is 11.6. The van der Waals surface area contributed by atoms with Crippen LogP contribution in [-0.2, 0) is 6.54 Å². The van der Waals surface area contributed by atoms with Crippen molar-refractivity contribution in [3.63, 3.8) is 0 Å². The van der Waals surface area contributed by atoms with Gasteiger partial charge in [0.15, 0.2) is 0 Å². The third kappa shape index (κ3) is 2.80. The third-order valence-corrected chi connectivity index (χ3v) is 4.21. The molecule has 0 bridgehead atoms. The van der Waals surface area contributed by atoms with E-state index in [1.165, 1.54) is 0 Å². The quantitative estimate of drug-likeness (QED) is 0.904. The van der Waals surface area contributed by atoms with Gasteiger partial charge in [-0.25, -0.2) is 4.79 Å². The highest BCUT2D eigenvalue weighted by Gasteiger charge is 2.24. The van der Waals surface area contributed by atoms with Gasteiger partial charge in [-0.05, 0) is 39.0 Å². The Bertz CT molecular complexity index is 644. The Hall–Kier alpha value is -1.85. The van der Waals surface area contributed by atoms with Crippen LogP contribution >= 0.6 is 0 Å². The van der Waals surface area contributed by atoms with Gasteiger partial charge in [0.2, 0.25) is 0 Å². The largest absolute Gasteiger partial charge is 0.478 e. The molecule has 3 rings (SSSR count). The number of piperidine rings is 1. The van der Waals surface area contributed by atoms with Crippen molar-refractivity contribution in [1.82, 2.24) is 10.2 Å². The number of fused-ring (bicyclic) bond motifs is 1. The van der Waals surface area contributed by atoms with Crippen molar-refractivity contribution < 1.29 is 14.3 Å². The van der Waals surface area contributed by atoms with E-state index in [0.29, 0.717) is 34.9 Å². The molecule has 1 aromatic carbocycles. The van der Waals surface area contributed by atoms with Crippen molar-refractivity contribution >= 4 is 16.9 Å². The Kier molecular flexibility index (Phi) is 3.94. The molecule has 1 saturated heterocycles. The van der Waals surface area contributed by atoms with Crippen LogP contribution in [0, 0.1) is 0 Å². The van der Waals surface area contributed by atoms with Crippen LogP contribution in [0.3, 0.4) is 0 Å². The number of carbonyl (C=O) groups is 1. The molecule has 0 amide bonds. The SMILES string of the molecule is CN(Cc1oc2ccccc2c1C(=O)O)C1CCNCC1. The number of rotatable bonds is 4. The summed E-state index contributed by atoms with van der Waals surface area (Å²) in [6, 6.07) is 7.79. The average Bonchev–Trinajstić information content (AvgIpc) is 2.86. The Morgan fingerprint density at radius 2 is 2.10 bits per heavy atom. The Balaban J connectivity index is 1.89. The van der Waals surface area contributed by atoms with Crippen LogP contribution in [0.2, 0.25) is 0 Å². The molecule has 0 radical (unpaired) electrons. The maximum absolute atomic E-state index is 11.6. The third-order valence-electron chi connectivity index (χ3n) is 4.21. The Labute approximate surface area is 123 Å². The number of hydrogen-bond acceptors (Lipinski definition) is 4. The zero-order chi connectivity index (χ0) is 14.8. The summed E-state index contributed by atoms with van der Waals surface area (Å²) in [5, 5.41) is 13.5. The minimum atomic E-state index is -0.923. The van der Waals surface area contributed by atoms with Crippen LogP contribution in [0.1, 0.15) is 29.0 Å². The molecule has 0 saturated carbocycles. The topological polar surface area (TPSA) is 65.7 Å². The van der Waals surface area contributed by atoms with E-state index in [0.717, 1.165) is 25.9 Å². The number of nitrogens with one attached hydrogen (secondary N) is 1. The molecular weight excluding hydrogens is 268 g/mol. The first-order valence-corrected chi connectivity index (χ1v) is 7.31. The van der Waals surface area contributed by atoms with Crippen LogP contribution < -0.4 is 5.32 Å². The molecule has 1 aromatic heterocycles. The molecule has 112 valence electrons. The molecule has 0 aliphatic carbocycles. The molecule has 21 heavy (non-hydrogen) atoms. The summed E-state index contributed by atoms with van der Waals surface area (Å²) in [7, 11) is 2.04. The van der Waals surface area contributed by atoms with Crippen molar-refractivity contribution in [1.29, 1.82) is 0 Å². The van der Waals surface area contributed by atoms with E-state index in [4.69, 9.17) is 4.42 Å². The predicted molar refractivity (Wildman–Crippen MR) is 80.5 cm³/mol. The van der Waals surface area contributed by atoms with Crippen LogP contribution in [0.5, 0.6) is 0 Å². The van der Waals surface area contributed by atoms with E-state index >= 15 is 0 Å². The number of hydrogen-bond donors (Lipinski definition) is 2. The van der Waals surface area contributed by atoms with Gasteiger partial charge in [-0.3, -0.25) is 4.90 Å². The van der Waals surface area contributed by atoms with Gasteiger partial charge < -0.3 is 14.8 Å². The fraction of sp³-hybridized carbons (Fsp3) is 0.438. The van der Waals surface area contributed by atoms with Gasteiger partial charge in [-0.2, -0.15) is 0 Å². The number of furan rings is 1. The maximum Gasteiger partial charge on any atom is 0.339 e. The highest BCUT2D eigenvalue weighted by molar-refractivity contribution is 6.03. The fourth-order valence-electron chi connectivity index (χ4n) is 3.05. The second-order valence-corrected chi connectivity index (χ2v) is 5.60. The van der Waals surface area contributed by atoms with Crippen molar-refractivity contribution in [3.8, 4) is 0 Å². The number of carboxylic acid groups (broad SMARTS) is 1. The number of aromatic carboxylic acids is 1. The van der Waals surface area contributed by atoms with Crippen molar-refractivity contribution in [2.75, 3.05) is 20.1 Å². The Morgan fingerprint density at radius 3 is 2.81 bits per heavy atom. The van der Waals surface area contributed by atoms with Crippen LogP contribution in [0.4, 0.5) is 0 Å². The predicted octanol–water partition coefficient (Wildman–Crippen LogP) is 2.31. The lowest BCUT2D eigenvalue weighted by Crippen LogP contribution is -2.40. The summed E-state index contributed by atoms with van der Waals surface area (Å²) in [5.41, 5.74) is 0.940. The van der Waals surface area contributed by atoms with Crippen LogP contribution in [-0.4, -0.2) is 42.2 Å². The van der Waals surface area contributed by atoms with Gasteiger partial charge in [0, 0.05) is 11.4 Å². The molecule has 0 atom stereocenters. The molecule has 0 spiro atoms. The van der Waals surface area contributed by atoms with Gasteiger partial charge in [-0.1, -0.05) is 18.2 Å². The first kappa shape index (κ1) is 14.1. The van der Waals surface area contributed by atoms with Crippen LogP contribution in [0.15, 0.2) is 28.7 Å². The van der Waals surface area contributed by atoms with E-state index in [2.05, 4.69) is 10.2 Å². The first-order chi connectivity index (χ1) is 10.2. The minimum Gasteiger partial charge on any atom is -0.478 e. The molecule has 1 aliphatic heterocycles. The summed E-state index contributed by atoms with van der Waals surface area (Å²) < 4.78 is 5.78. The van der Waals surface area contributed by atoms with Gasteiger partial charge in [0.1, 0.15) is 16.9 Å². The molecule has 0 unspecified atom stereocenters. The Morgan fingerprint density at radius 1 is 1.38 bits per heavy atom. The molecule has 5 heteroatoms.